The zero-order valence-electron chi connectivity index (χ0n) is 5.24. The molecule has 1 aliphatic heterocycles. The standard InChI is InChI=1S/C6H10O3/c1-4-2-5(8)6(3-7)9-4/h2,4,6-8H,3H2,1H3/t4-,6+/m0/s1. The summed E-state index contributed by atoms with van der Waals surface area (Å²) in [7, 11) is 0. The van der Waals surface area contributed by atoms with Gasteiger partial charge in [-0.25, -0.2) is 0 Å². The lowest BCUT2D eigenvalue weighted by Gasteiger charge is -2.07. The van der Waals surface area contributed by atoms with Crippen molar-refractivity contribution in [3.05, 3.63) is 11.8 Å². The van der Waals surface area contributed by atoms with Gasteiger partial charge in [0.1, 0.15) is 11.9 Å². The van der Waals surface area contributed by atoms with E-state index in [-0.39, 0.29) is 18.5 Å². The second-order valence-electron chi connectivity index (χ2n) is 2.10. The first-order valence-corrected chi connectivity index (χ1v) is 2.91. The number of rotatable bonds is 1. The lowest BCUT2D eigenvalue weighted by molar-refractivity contribution is 0.0137. The molecular formula is C6H10O3. The Morgan fingerprint density at radius 1 is 1.78 bits per heavy atom. The van der Waals surface area contributed by atoms with Crippen LogP contribution in [0.2, 0.25) is 0 Å². The van der Waals surface area contributed by atoms with Crippen molar-refractivity contribution in [1.82, 2.24) is 0 Å². The molecule has 0 aromatic rings. The summed E-state index contributed by atoms with van der Waals surface area (Å²) in [6.07, 6.45) is 1.03. The van der Waals surface area contributed by atoms with Gasteiger partial charge in [0, 0.05) is 0 Å². The normalized spacial score (nSPS) is 34.7. The summed E-state index contributed by atoms with van der Waals surface area (Å²) >= 11 is 0. The van der Waals surface area contributed by atoms with E-state index in [1.807, 2.05) is 6.92 Å². The first-order valence-electron chi connectivity index (χ1n) is 2.91. The van der Waals surface area contributed by atoms with Gasteiger partial charge in [-0.2, -0.15) is 0 Å². The van der Waals surface area contributed by atoms with Gasteiger partial charge in [-0.3, -0.25) is 0 Å². The predicted octanol–water partition coefficient (Wildman–Crippen LogP) is 0.208. The Balaban J connectivity index is 2.53. The summed E-state index contributed by atoms with van der Waals surface area (Å²) in [6.45, 7) is 1.67. The molecule has 0 unspecified atom stereocenters. The molecule has 0 spiro atoms. The topological polar surface area (TPSA) is 49.7 Å². The van der Waals surface area contributed by atoms with Gasteiger partial charge < -0.3 is 14.9 Å². The molecule has 0 fully saturated rings. The van der Waals surface area contributed by atoms with E-state index in [1.54, 1.807) is 6.08 Å². The van der Waals surface area contributed by atoms with Crippen LogP contribution in [0, 0.1) is 0 Å². The summed E-state index contributed by atoms with van der Waals surface area (Å²) in [4.78, 5) is 0. The van der Waals surface area contributed by atoms with Crippen molar-refractivity contribution in [1.29, 1.82) is 0 Å². The lowest BCUT2D eigenvalue weighted by Crippen LogP contribution is -2.16. The zero-order chi connectivity index (χ0) is 6.85. The smallest absolute Gasteiger partial charge is 0.138 e. The van der Waals surface area contributed by atoms with Crippen LogP contribution in [0.4, 0.5) is 0 Å². The summed E-state index contributed by atoms with van der Waals surface area (Å²) in [5.41, 5.74) is 0. The zero-order valence-corrected chi connectivity index (χ0v) is 5.24. The summed E-state index contributed by atoms with van der Waals surface area (Å²) in [6, 6.07) is 0. The third-order valence-electron chi connectivity index (χ3n) is 1.28. The Labute approximate surface area is 53.6 Å². The van der Waals surface area contributed by atoms with Crippen LogP contribution in [-0.4, -0.2) is 29.0 Å². The van der Waals surface area contributed by atoms with Crippen molar-refractivity contribution in [2.45, 2.75) is 19.1 Å². The van der Waals surface area contributed by atoms with Crippen LogP contribution in [0.5, 0.6) is 0 Å². The molecule has 0 aromatic carbocycles. The molecule has 1 heterocycles. The van der Waals surface area contributed by atoms with Gasteiger partial charge in [-0.05, 0) is 13.0 Å². The van der Waals surface area contributed by atoms with Gasteiger partial charge in [-0.15, -0.1) is 0 Å². The van der Waals surface area contributed by atoms with E-state index in [9.17, 15) is 0 Å². The predicted molar refractivity (Wildman–Crippen MR) is 32.1 cm³/mol. The number of ether oxygens (including phenoxy) is 1. The van der Waals surface area contributed by atoms with Crippen molar-refractivity contribution in [3.8, 4) is 0 Å². The molecule has 1 rings (SSSR count). The molecule has 3 heteroatoms. The SMILES string of the molecule is C[C@H]1C=C(O)[C@@H](CO)O1. The van der Waals surface area contributed by atoms with Crippen LogP contribution in [0.15, 0.2) is 11.8 Å². The second-order valence-corrected chi connectivity index (χ2v) is 2.10. The highest BCUT2D eigenvalue weighted by Gasteiger charge is 2.22. The quantitative estimate of drug-likeness (QED) is 0.533. The van der Waals surface area contributed by atoms with E-state index in [4.69, 9.17) is 14.9 Å². The van der Waals surface area contributed by atoms with Crippen LogP contribution in [0.1, 0.15) is 6.92 Å². The Morgan fingerprint density at radius 3 is 2.67 bits per heavy atom. The minimum absolute atomic E-state index is 0.0675. The molecule has 52 valence electrons. The maximum atomic E-state index is 8.94. The summed E-state index contributed by atoms with van der Waals surface area (Å²) in [5, 5.41) is 17.5. The molecule has 2 atom stereocenters. The number of hydrogen-bond acceptors (Lipinski definition) is 3. The molecular weight excluding hydrogens is 120 g/mol. The summed E-state index contributed by atoms with van der Waals surface area (Å²) < 4.78 is 5.03. The Morgan fingerprint density at radius 2 is 2.44 bits per heavy atom. The van der Waals surface area contributed by atoms with E-state index < -0.39 is 6.10 Å². The van der Waals surface area contributed by atoms with Gasteiger partial charge in [0.05, 0.1) is 12.7 Å². The van der Waals surface area contributed by atoms with Crippen LogP contribution in [0.3, 0.4) is 0 Å². The highest BCUT2D eigenvalue weighted by Crippen LogP contribution is 2.15. The number of aliphatic hydroxyl groups excluding tert-OH is 2. The van der Waals surface area contributed by atoms with Crippen LogP contribution < -0.4 is 0 Å². The fourth-order valence-corrected chi connectivity index (χ4v) is 0.852. The Kier molecular flexibility index (Phi) is 1.73. The van der Waals surface area contributed by atoms with E-state index in [1.165, 1.54) is 0 Å². The van der Waals surface area contributed by atoms with Gasteiger partial charge in [-0.1, -0.05) is 0 Å². The van der Waals surface area contributed by atoms with Crippen LogP contribution >= 0.6 is 0 Å². The Hall–Kier alpha value is -0.540. The maximum Gasteiger partial charge on any atom is 0.138 e. The van der Waals surface area contributed by atoms with E-state index in [0.717, 1.165) is 0 Å². The van der Waals surface area contributed by atoms with Crippen LogP contribution in [-0.2, 0) is 4.74 Å². The Bertz CT molecular complexity index is 130. The molecule has 0 aliphatic carbocycles. The van der Waals surface area contributed by atoms with Gasteiger partial charge in [0.25, 0.3) is 0 Å². The van der Waals surface area contributed by atoms with E-state index in [2.05, 4.69) is 0 Å². The van der Waals surface area contributed by atoms with Gasteiger partial charge in [0.2, 0.25) is 0 Å². The lowest BCUT2D eigenvalue weighted by atomic mass is 10.3. The molecule has 3 nitrogen and oxygen atoms in total. The molecule has 2 N–H and O–H groups in total. The van der Waals surface area contributed by atoms with Crippen molar-refractivity contribution in [3.63, 3.8) is 0 Å². The number of aliphatic hydroxyl groups is 2. The molecule has 9 heavy (non-hydrogen) atoms. The van der Waals surface area contributed by atoms with Crippen LogP contribution in [0.25, 0.3) is 0 Å². The van der Waals surface area contributed by atoms with Crippen molar-refractivity contribution < 1.29 is 14.9 Å². The molecule has 0 saturated heterocycles. The molecule has 0 amide bonds. The minimum atomic E-state index is -0.486. The first-order chi connectivity index (χ1) is 4.24. The average molecular weight is 130 g/mol. The fourth-order valence-electron chi connectivity index (χ4n) is 0.852. The van der Waals surface area contributed by atoms with E-state index >= 15 is 0 Å². The minimum Gasteiger partial charge on any atom is -0.510 e. The third kappa shape index (κ3) is 1.23. The largest absolute Gasteiger partial charge is 0.510 e. The molecule has 1 aliphatic rings. The molecule has 0 saturated carbocycles. The first kappa shape index (κ1) is 6.58. The average Bonchev–Trinajstić information content (AvgIpc) is 2.10. The molecule has 0 radical (unpaired) electrons. The maximum absolute atomic E-state index is 8.94. The number of hydrogen-bond donors (Lipinski definition) is 2. The van der Waals surface area contributed by atoms with Crippen molar-refractivity contribution in [2.75, 3.05) is 6.61 Å². The van der Waals surface area contributed by atoms with Crippen molar-refractivity contribution in [2.24, 2.45) is 0 Å². The highest BCUT2D eigenvalue weighted by molar-refractivity contribution is 5.07. The highest BCUT2D eigenvalue weighted by atomic mass is 16.5. The third-order valence-corrected chi connectivity index (χ3v) is 1.28. The van der Waals surface area contributed by atoms with Gasteiger partial charge in [0.15, 0.2) is 0 Å². The van der Waals surface area contributed by atoms with E-state index in [0.29, 0.717) is 0 Å². The summed E-state index contributed by atoms with van der Waals surface area (Å²) in [5.74, 6) is 0.144. The fraction of sp³-hybridized carbons (Fsp3) is 0.667. The second kappa shape index (κ2) is 2.37. The monoisotopic (exact) mass is 130 g/mol. The molecule has 0 bridgehead atoms. The molecule has 0 aromatic heterocycles. The van der Waals surface area contributed by atoms with Gasteiger partial charge >= 0.3 is 0 Å². The van der Waals surface area contributed by atoms with Crippen molar-refractivity contribution >= 4 is 0 Å².